The molecule has 0 aliphatic carbocycles. The number of aromatic nitrogens is 4. The molecule has 44 heavy (non-hydrogen) atoms. The predicted molar refractivity (Wildman–Crippen MR) is 179 cm³/mol. The molecule has 0 aliphatic heterocycles. The number of unbranched alkanes of at least 4 members (excludes halogenated alkanes) is 6. The van der Waals surface area contributed by atoms with E-state index in [0.717, 1.165) is 71.4 Å². The molecule has 0 N–H and O–H groups in total. The lowest BCUT2D eigenvalue weighted by molar-refractivity contribution is 0.297. The summed E-state index contributed by atoms with van der Waals surface area (Å²) in [5, 5.41) is 17.5. The topological polar surface area (TPSA) is 96.3 Å². The lowest BCUT2D eigenvalue weighted by atomic mass is 10.1. The molecule has 0 radical (unpaired) electrons. The number of ether oxygens (including phenoxy) is 2. The van der Waals surface area contributed by atoms with Crippen molar-refractivity contribution in [2.24, 2.45) is 0 Å². The van der Waals surface area contributed by atoms with Crippen LogP contribution in [0.5, 0.6) is 11.5 Å². The monoisotopic (exact) mass is 722 g/mol. The van der Waals surface area contributed by atoms with Gasteiger partial charge in [-0.15, -0.1) is 20.4 Å². The van der Waals surface area contributed by atoms with Crippen LogP contribution >= 0.6 is 31.9 Å². The Labute approximate surface area is 274 Å². The first-order chi connectivity index (χ1) is 21.6. The van der Waals surface area contributed by atoms with E-state index in [9.17, 15) is 0 Å². The Morgan fingerprint density at radius 1 is 0.523 bits per heavy atom. The summed E-state index contributed by atoms with van der Waals surface area (Å²) >= 11 is 6.96. The Hall–Kier alpha value is -3.50. The number of nitrogens with zero attached hydrogens (tertiary/aromatic N) is 4. The number of hydrogen-bond acceptors (Lipinski definition) is 8. The van der Waals surface area contributed by atoms with Gasteiger partial charge in [0.15, 0.2) is 0 Å². The molecule has 5 aromatic rings. The average molecular weight is 724 g/mol. The molecule has 8 nitrogen and oxygen atoms in total. The van der Waals surface area contributed by atoms with Crippen molar-refractivity contribution in [2.45, 2.75) is 65.2 Å². The van der Waals surface area contributed by atoms with Crippen molar-refractivity contribution in [1.82, 2.24) is 20.4 Å². The second kappa shape index (κ2) is 16.0. The fraction of sp³-hybridized carbons (Fsp3) is 0.353. The summed E-state index contributed by atoms with van der Waals surface area (Å²) in [5.74, 6) is 2.70. The molecule has 0 amide bonds. The van der Waals surface area contributed by atoms with E-state index < -0.39 is 0 Å². The lowest BCUT2D eigenvalue weighted by Gasteiger charge is -2.15. The first kappa shape index (κ1) is 31.9. The standard InChI is InChI=1S/C34H36Br2N4O4/c1-3-5-7-9-19-41-29-21-28(34-40-38-32(44-34)24-13-17-26(36)18-14-24)30(42-20-10-8-6-4-2)22-27(29)33-39-37-31(43-33)23-11-15-25(35)16-12-23/h11-18,21-22H,3-10,19-20H2,1-2H3. The SMILES string of the molecule is CCCCCCOc1cc(-c2nnc(-c3ccc(Br)cc3)o2)c(OCCCCCC)cc1-c1nnc(-c2ccc(Br)cc2)o1. The fourth-order valence-electron chi connectivity index (χ4n) is 4.64. The summed E-state index contributed by atoms with van der Waals surface area (Å²) in [4.78, 5) is 0. The largest absolute Gasteiger partial charge is 0.493 e. The molecule has 0 fully saturated rings. The quantitative estimate of drug-likeness (QED) is 0.0928. The second-order valence-electron chi connectivity index (χ2n) is 10.5. The summed E-state index contributed by atoms with van der Waals surface area (Å²) in [6.07, 6.45) is 8.66. The number of halogens is 2. The molecular formula is C34H36Br2N4O4. The highest BCUT2D eigenvalue weighted by Gasteiger charge is 2.23. The van der Waals surface area contributed by atoms with Crippen molar-refractivity contribution in [3.8, 4) is 57.3 Å². The molecule has 2 heterocycles. The Balaban J connectivity index is 1.53. The zero-order valence-electron chi connectivity index (χ0n) is 25.0. The van der Waals surface area contributed by atoms with Gasteiger partial charge in [-0.05, 0) is 73.5 Å². The van der Waals surface area contributed by atoms with Gasteiger partial charge in [-0.3, -0.25) is 0 Å². The maximum atomic E-state index is 6.36. The van der Waals surface area contributed by atoms with E-state index in [1.54, 1.807) is 0 Å². The summed E-state index contributed by atoms with van der Waals surface area (Å²) in [6, 6.07) is 19.3. The molecule has 0 aliphatic rings. The van der Waals surface area contributed by atoms with Gasteiger partial charge in [0.25, 0.3) is 11.8 Å². The van der Waals surface area contributed by atoms with E-state index in [1.165, 1.54) is 0 Å². The van der Waals surface area contributed by atoms with Gasteiger partial charge in [0.05, 0.1) is 24.3 Å². The summed E-state index contributed by atoms with van der Waals surface area (Å²) < 4.78 is 27.0. The average Bonchev–Trinajstić information content (AvgIpc) is 3.73. The predicted octanol–water partition coefficient (Wildman–Crippen LogP) is 10.6. The molecule has 0 saturated carbocycles. The van der Waals surface area contributed by atoms with Gasteiger partial charge < -0.3 is 18.3 Å². The highest BCUT2D eigenvalue weighted by molar-refractivity contribution is 9.10. The van der Waals surface area contributed by atoms with Crippen LogP contribution in [0.1, 0.15) is 65.2 Å². The van der Waals surface area contributed by atoms with Crippen LogP contribution in [0.4, 0.5) is 0 Å². The molecule has 10 heteroatoms. The highest BCUT2D eigenvalue weighted by Crippen LogP contribution is 2.42. The van der Waals surface area contributed by atoms with Gasteiger partial charge in [0, 0.05) is 20.1 Å². The number of rotatable bonds is 16. The third kappa shape index (κ3) is 8.35. The van der Waals surface area contributed by atoms with E-state index in [1.807, 2.05) is 60.7 Å². The molecular weight excluding hydrogens is 688 g/mol. The Bertz CT molecular complexity index is 1500. The van der Waals surface area contributed by atoms with Gasteiger partial charge >= 0.3 is 0 Å². The van der Waals surface area contributed by atoms with E-state index in [2.05, 4.69) is 66.1 Å². The van der Waals surface area contributed by atoms with Crippen molar-refractivity contribution in [3.05, 3.63) is 69.6 Å². The summed E-state index contributed by atoms with van der Waals surface area (Å²) in [7, 11) is 0. The van der Waals surface area contributed by atoms with Crippen LogP contribution in [0.15, 0.2) is 78.4 Å². The minimum atomic E-state index is 0.343. The van der Waals surface area contributed by atoms with Gasteiger partial charge in [0.2, 0.25) is 11.8 Å². The first-order valence-electron chi connectivity index (χ1n) is 15.2. The van der Waals surface area contributed by atoms with Crippen LogP contribution in [0, 0.1) is 0 Å². The highest BCUT2D eigenvalue weighted by atomic mass is 79.9. The molecule has 0 unspecified atom stereocenters. The number of benzene rings is 3. The maximum absolute atomic E-state index is 6.36. The lowest BCUT2D eigenvalue weighted by Crippen LogP contribution is -2.03. The molecule has 0 atom stereocenters. The molecule has 230 valence electrons. The minimum Gasteiger partial charge on any atom is -0.493 e. The molecule has 0 saturated heterocycles. The van der Waals surface area contributed by atoms with Crippen LogP contribution in [0.3, 0.4) is 0 Å². The van der Waals surface area contributed by atoms with Crippen molar-refractivity contribution < 1.29 is 18.3 Å². The number of hydrogen-bond donors (Lipinski definition) is 0. The molecule has 0 bridgehead atoms. The van der Waals surface area contributed by atoms with Crippen molar-refractivity contribution in [2.75, 3.05) is 13.2 Å². The Morgan fingerprint density at radius 2 is 0.909 bits per heavy atom. The van der Waals surface area contributed by atoms with E-state index in [-0.39, 0.29) is 0 Å². The van der Waals surface area contributed by atoms with E-state index in [4.69, 9.17) is 18.3 Å². The van der Waals surface area contributed by atoms with Crippen LogP contribution in [-0.4, -0.2) is 33.6 Å². The van der Waals surface area contributed by atoms with E-state index >= 15 is 0 Å². The van der Waals surface area contributed by atoms with Crippen LogP contribution in [0.25, 0.3) is 45.8 Å². The third-order valence-electron chi connectivity index (χ3n) is 7.09. The van der Waals surface area contributed by atoms with Crippen LogP contribution in [0.2, 0.25) is 0 Å². The second-order valence-corrected chi connectivity index (χ2v) is 12.3. The maximum Gasteiger partial charge on any atom is 0.252 e. The van der Waals surface area contributed by atoms with Gasteiger partial charge in [-0.2, -0.15) is 0 Å². The fourth-order valence-corrected chi connectivity index (χ4v) is 5.17. The van der Waals surface area contributed by atoms with Crippen molar-refractivity contribution in [1.29, 1.82) is 0 Å². The summed E-state index contributed by atoms with van der Waals surface area (Å²) in [6.45, 7) is 5.48. The van der Waals surface area contributed by atoms with Crippen LogP contribution in [-0.2, 0) is 0 Å². The van der Waals surface area contributed by atoms with E-state index in [0.29, 0.717) is 59.4 Å². The Kier molecular flexibility index (Phi) is 11.6. The van der Waals surface area contributed by atoms with Gasteiger partial charge in [-0.25, -0.2) is 0 Å². The first-order valence-corrected chi connectivity index (χ1v) is 16.8. The third-order valence-corrected chi connectivity index (χ3v) is 8.14. The molecule has 0 spiro atoms. The zero-order valence-corrected chi connectivity index (χ0v) is 28.2. The zero-order chi connectivity index (χ0) is 30.7. The Morgan fingerprint density at radius 3 is 1.30 bits per heavy atom. The molecule has 3 aromatic carbocycles. The minimum absolute atomic E-state index is 0.343. The normalized spacial score (nSPS) is 11.2. The molecule has 5 rings (SSSR count). The van der Waals surface area contributed by atoms with Gasteiger partial charge in [0.1, 0.15) is 11.5 Å². The van der Waals surface area contributed by atoms with Crippen LogP contribution < -0.4 is 9.47 Å². The van der Waals surface area contributed by atoms with Gasteiger partial charge in [-0.1, -0.05) is 84.2 Å². The van der Waals surface area contributed by atoms with Crippen molar-refractivity contribution in [3.63, 3.8) is 0 Å². The smallest absolute Gasteiger partial charge is 0.252 e. The summed E-state index contributed by atoms with van der Waals surface area (Å²) in [5.41, 5.74) is 2.95. The van der Waals surface area contributed by atoms with Crippen molar-refractivity contribution >= 4 is 31.9 Å². The molecule has 2 aromatic heterocycles.